The fourth-order valence-electron chi connectivity index (χ4n) is 4.65. The van der Waals surface area contributed by atoms with Crippen LogP contribution in [0.15, 0.2) is 77.5 Å². The Balaban J connectivity index is 1.86. The Hall–Kier alpha value is -4.01. The zero-order chi connectivity index (χ0) is 21.1. The molecule has 30 heavy (non-hydrogen) atoms. The van der Waals surface area contributed by atoms with Crippen molar-refractivity contribution in [1.82, 2.24) is 0 Å². The van der Waals surface area contributed by atoms with Gasteiger partial charge >= 0.3 is 0 Å². The van der Waals surface area contributed by atoms with E-state index in [-0.39, 0.29) is 17.2 Å². The van der Waals surface area contributed by atoms with E-state index in [1.807, 2.05) is 60.7 Å². The maximum Gasteiger partial charge on any atom is 0.191 e. The number of hydrogen-bond donors (Lipinski definition) is 1. The maximum absolute atomic E-state index is 10.1. The van der Waals surface area contributed by atoms with Crippen LogP contribution in [0.25, 0.3) is 0 Å². The van der Waals surface area contributed by atoms with Crippen molar-refractivity contribution in [2.24, 2.45) is 17.1 Å². The van der Waals surface area contributed by atoms with Crippen LogP contribution in [0.5, 0.6) is 11.5 Å². The fraction of sp³-hybridized carbons (Fsp3) is 0.240. The van der Waals surface area contributed by atoms with E-state index in [2.05, 4.69) is 18.2 Å². The molecule has 146 valence electrons. The Morgan fingerprint density at radius 3 is 2.40 bits per heavy atom. The van der Waals surface area contributed by atoms with Gasteiger partial charge < -0.3 is 10.5 Å². The number of ether oxygens (including phenoxy) is 1. The summed E-state index contributed by atoms with van der Waals surface area (Å²) in [7, 11) is 0. The van der Waals surface area contributed by atoms with Crippen LogP contribution in [0.4, 0.5) is 0 Å². The minimum Gasteiger partial charge on any atom is -0.457 e. The zero-order valence-corrected chi connectivity index (χ0v) is 16.4. The van der Waals surface area contributed by atoms with Crippen LogP contribution < -0.4 is 10.5 Å². The second kappa shape index (κ2) is 7.78. The van der Waals surface area contributed by atoms with Crippen molar-refractivity contribution in [3.05, 3.63) is 83.1 Å². The van der Waals surface area contributed by atoms with E-state index in [1.165, 1.54) is 0 Å². The van der Waals surface area contributed by atoms with Gasteiger partial charge in [-0.15, -0.1) is 0 Å². The summed E-state index contributed by atoms with van der Waals surface area (Å²) in [5.74, 6) is 0.732. The molecule has 0 fully saturated rings. The molecule has 4 rings (SSSR count). The first kappa shape index (κ1) is 19.3. The highest BCUT2D eigenvalue weighted by Crippen LogP contribution is 2.56. The van der Waals surface area contributed by atoms with Crippen molar-refractivity contribution in [3.63, 3.8) is 0 Å². The fourth-order valence-corrected chi connectivity index (χ4v) is 4.65. The second-order valence-electron chi connectivity index (χ2n) is 7.59. The van der Waals surface area contributed by atoms with Crippen molar-refractivity contribution < 1.29 is 4.74 Å². The summed E-state index contributed by atoms with van der Waals surface area (Å²) in [4.78, 5) is 0. The summed E-state index contributed by atoms with van der Waals surface area (Å²) in [6, 6.07) is 23.4. The van der Waals surface area contributed by atoms with Gasteiger partial charge in [-0.25, -0.2) is 0 Å². The number of fused-ring (bicyclic) bond motifs is 1. The molecule has 0 aromatic heterocycles. The number of nitrogens with zero attached hydrogens (tertiary/aromatic N) is 3. The summed E-state index contributed by atoms with van der Waals surface area (Å²) in [6.45, 7) is 0. The molecule has 2 aromatic carbocycles. The van der Waals surface area contributed by atoms with Crippen LogP contribution in [0.2, 0.25) is 0 Å². The van der Waals surface area contributed by atoms with Gasteiger partial charge in [0.15, 0.2) is 5.41 Å². The van der Waals surface area contributed by atoms with E-state index in [0.717, 1.165) is 30.4 Å². The highest BCUT2D eigenvalue weighted by molar-refractivity contribution is 5.59. The lowest BCUT2D eigenvalue weighted by Gasteiger charge is -2.43. The van der Waals surface area contributed by atoms with Gasteiger partial charge in [0.25, 0.3) is 0 Å². The summed E-state index contributed by atoms with van der Waals surface area (Å²) >= 11 is 0. The Morgan fingerprint density at radius 2 is 1.70 bits per heavy atom. The lowest BCUT2D eigenvalue weighted by Crippen LogP contribution is -2.42. The lowest BCUT2D eigenvalue weighted by atomic mass is 9.57. The van der Waals surface area contributed by atoms with E-state index in [0.29, 0.717) is 11.5 Å². The molecule has 0 aliphatic heterocycles. The third-order valence-electron chi connectivity index (χ3n) is 6.00. The van der Waals surface area contributed by atoms with Crippen molar-refractivity contribution in [3.8, 4) is 29.7 Å². The predicted molar refractivity (Wildman–Crippen MR) is 112 cm³/mol. The monoisotopic (exact) mass is 392 g/mol. The minimum absolute atomic E-state index is 0.0544. The summed E-state index contributed by atoms with van der Waals surface area (Å²) in [5, 5.41) is 29.9. The van der Waals surface area contributed by atoms with Gasteiger partial charge in [-0.05, 0) is 60.6 Å². The average Bonchev–Trinajstić information content (AvgIpc) is 2.79. The second-order valence-corrected chi connectivity index (χ2v) is 7.59. The van der Waals surface area contributed by atoms with Crippen LogP contribution in [0.1, 0.15) is 30.7 Å². The van der Waals surface area contributed by atoms with E-state index < -0.39 is 11.3 Å². The third kappa shape index (κ3) is 3.00. The lowest BCUT2D eigenvalue weighted by molar-refractivity contribution is 0.317. The molecule has 0 radical (unpaired) electrons. The summed E-state index contributed by atoms with van der Waals surface area (Å²) in [5.41, 5.74) is 6.74. The molecule has 0 saturated carbocycles. The van der Waals surface area contributed by atoms with Crippen molar-refractivity contribution >= 4 is 0 Å². The van der Waals surface area contributed by atoms with Gasteiger partial charge in [-0.2, -0.15) is 15.8 Å². The molecule has 5 heteroatoms. The number of para-hydroxylation sites is 1. The van der Waals surface area contributed by atoms with Gasteiger partial charge in [0.05, 0.1) is 23.4 Å². The minimum atomic E-state index is -1.60. The van der Waals surface area contributed by atoms with Gasteiger partial charge in [-0.1, -0.05) is 36.4 Å². The molecule has 2 N–H and O–H groups in total. The van der Waals surface area contributed by atoms with Crippen molar-refractivity contribution in [2.45, 2.75) is 25.2 Å². The Kier molecular flexibility index (Phi) is 5.01. The molecule has 5 nitrogen and oxygen atoms in total. The highest BCUT2D eigenvalue weighted by Gasteiger charge is 2.53. The van der Waals surface area contributed by atoms with Crippen LogP contribution >= 0.6 is 0 Å². The number of nitriles is 3. The number of allylic oxidation sites excluding steroid dienone is 4. The quantitative estimate of drug-likeness (QED) is 0.784. The predicted octanol–water partition coefficient (Wildman–Crippen LogP) is 5.07. The average molecular weight is 392 g/mol. The number of benzene rings is 2. The van der Waals surface area contributed by atoms with Gasteiger partial charge in [0.1, 0.15) is 17.6 Å². The van der Waals surface area contributed by atoms with Crippen molar-refractivity contribution in [2.75, 3.05) is 0 Å². The van der Waals surface area contributed by atoms with Crippen LogP contribution in [0.3, 0.4) is 0 Å². The standard InChI is InChI=1S/C25H20N4O/c26-14-22-20-11-4-5-12-21(20)23(25(15-27,16-28)24(22)29)17-7-6-10-19(13-17)30-18-8-2-1-3-9-18/h1-3,6-11,13,21,23H,4-5,12,29H2/t21-,23+/m0/s1. The topological polar surface area (TPSA) is 107 Å². The molecule has 0 saturated heterocycles. The summed E-state index contributed by atoms with van der Waals surface area (Å²) < 4.78 is 5.97. The van der Waals surface area contributed by atoms with E-state index in [9.17, 15) is 15.8 Å². The van der Waals surface area contributed by atoms with E-state index >= 15 is 0 Å². The maximum atomic E-state index is 10.1. The van der Waals surface area contributed by atoms with Gasteiger partial charge in [0.2, 0.25) is 0 Å². The molecule has 2 aromatic rings. The Bertz CT molecular complexity index is 1140. The van der Waals surface area contributed by atoms with Crippen LogP contribution in [-0.2, 0) is 0 Å². The molecule has 2 atom stereocenters. The molecule has 2 aliphatic carbocycles. The molecule has 0 bridgehead atoms. The molecule has 0 unspecified atom stereocenters. The molecule has 0 amide bonds. The highest BCUT2D eigenvalue weighted by atomic mass is 16.5. The Morgan fingerprint density at radius 1 is 0.967 bits per heavy atom. The van der Waals surface area contributed by atoms with Crippen LogP contribution in [0, 0.1) is 45.3 Å². The smallest absolute Gasteiger partial charge is 0.191 e. The summed E-state index contributed by atoms with van der Waals surface area (Å²) in [6.07, 6.45) is 4.64. The first-order valence-electron chi connectivity index (χ1n) is 9.90. The van der Waals surface area contributed by atoms with E-state index in [4.69, 9.17) is 10.5 Å². The first-order chi connectivity index (χ1) is 14.6. The van der Waals surface area contributed by atoms with Crippen LogP contribution in [-0.4, -0.2) is 0 Å². The van der Waals surface area contributed by atoms with E-state index in [1.54, 1.807) is 0 Å². The molecule has 2 aliphatic rings. The number of rotatable bonds is 3. The van der Waals surface area contributed by atoms with Gasteiger partial charge in [-0.3, -0.25) is 0 Å². The molecule has 0 heterocycles. The first-order valence-corrected chi connectivity index (χ1v) is 9.90. The molecular formula is C25H20N4O. The molecule has 0 spiro atoms. The number of hydrogen-bond acceptors (Lipinski definition) is 5. The Labute approximate surface area is 175 Å². The third-order valence-corrected chi connectivity index (χ3v) is 6.00. The normalized spacial score (nSPS) is 22.0. The van der Waals surface area contributed by atoms with Gasteiger partial charge in [0, 0.05) is 5.92 Å². The number of nitrogens with two attached hydrogens (primary N) is 1. The largest absolute Gasteiger partial charge is 0.457 e. The molecular weight excluding hydrogens is 372 g/mol. The zero-order valence-electron chi connectivity index (χ0n) is 16.4. The SMILES string of the molecule is N#CC1=C(N)C(C#N)(C#N)[C@H](c2cccc(Oc3ccccc3)c2)[C@H]2CCCC=C12. The van der Waals surface area contributed by atoms with Crippen molar-refractivity contribution in [1.29, 1.82) is 15.8 Å².